The van der Waals surface area contributed by atoms with Crippen molar-refractivity contribution in [2.24, 2.45) is 11.7 Å². The predicted octanol–water partition coefficient (Wildman–Crippen LogP) is 5.37. The van der Waals surface area contributed by atoms with E-state index in [1.165, 1.54) is 17.2 Å². The Morgan fingerprint density at radius 2 is 1.87 bits per heavy atom. The molecule has 0 saturated heterocycles. The average Bonchev–Trinajstić information content (AvgIpc) is 3.84. The lowest BCUT2D eigenvalue weighted by atomic mass is 9.93. The quantitative estimate of drug-likeness (QED) is 0.394. The largest absolute Gasteiger partial charge is 0.369 e. The van der Waals surface area contributed by atoms with Crippen LogP contribution in [0.15, 0.2) is 60.9 Å². The average molecular weight is 509 g/mol. The molecule has 6 nitrogen and oxygen atoms in total. The molecule has 7 rings (SSSR count). The molecule has 3 atom stereocenters. The minimum Gasteiger partial charge on any atom is -0.369 e. The highest BCUT2D eigenvalue weighted by molar-refractivity contribution is 5.95. The fourth-order valence-electron chi connectivity index (χ4n) is 6.13. The summed E-state index contributed by atoms with van der Waals surface area (Å²) in [5.74, 6) is -0.533. The Morgan fingerprint density at radius 3 is 2.61 bits per heavy atom. The molecule has 2 aliphatic carbocycles. The fourth-order valence-corrected chi connectivity index (χ4v) is 6.13. The van der Waals surface area contributed by atoms with Crippen LogP contribution in [0.1, 0.15) is 76.7 Å². The van der Waals surface area contributed by atoms with Gasteiger partial charge in [0.1, 0.15) is 11.5 Å². The summed E-state index contributed by atoms with van der Waals surface area (Å²) < 4.78 is 17.1. The van der Waals surface area contributed by atoms with Gasteiger partial charge in [-0.25, -0.2) is 9.37 Å². The molecule has 4 aromatic rings. The Kier molecular flexibility index (Phi) is 5.18. The Morgan fingerprint density at radius 1 is 1.05 bits per heavy atom. The predicted molar refractivity (Wildman–Crippen MR) is 142 cm³/mol. The van der Waals surface area contributed by atoms with Crippen molar-refractivity contribution in [2.75, 3.05) is 6.54 Å². The zero-order chi connectivity index (χ0) is 26.1. The number of amides is 2. The maximum Gasteiger partial charge on any atom is 0.255 e. The van der Waals surface area contributed by atoms with E-state index in [1.54, 1.807) is 6.07 Å². The number of nitrogens with zero attached hydrogens (tertiary/aromatic N) is 3. The third kappa shape index (κ3) is 3.80. The molecule has 1 unspecified atom stereocenters. The second-order valence-electron chi connectivity index (χ2n) is 11.0. The Labute approximate surface area is 220 Å². The molecule has 2 amide bonds. The number of aromatic nitrogens is 2. The van der Waals surface area contributed by atoms with E-state index in [9.17, 15) is 9.59 Å². The summed E-state index contributed by atoms with van der Waals surface area (Å²) in [5, 5.41) is 0. The fraction of sp³-hybridized carbons (Fsp3) is 0.323. The standard InChI is InChI=1S/C31H29FN4O2/c1-17-22-5-3-2-4-18(22)10-11-36(17)31(38)21-12-25(19-6-7-19)30-34-28(16-35(30)15-21)23-9-8-20(13-27(23)32)24-14-26(24)29(33)37/h2-5,8-9,12-13,15-17,19,24,26H,6-7,10-11,14H2,1H3,(H2,33,37)/t17-,24?,26+/m1/s1. The lowest BCUT2D eigenvalue weighted by Crippen LogP contribution is -2.39. The normalized spacial score (nSPS) is 22.4. The number of imidazole rings is 1. The summed E-state index contributed by atoms with van der Waals surface area (Å²) in [6.07, 6.45) is 7.29. The summed E-state index contributed by atoms with van der Waals surface area (Å²) in [7, 11) is 0. The van der Waals surface area contributed by atoms with Gasteiger partial charge in [0.05, 0.1) is 17.3 Å². The second-order valence-corrected chi connectivity index (χ2v) is 11.0. The van der Waals surface area contributed by atoms with E-state index in [1.807, 2.05) is 39.9 Å². The van der Waals surface area contributed by atoms with E-state index in [-0.39, 0.29) is 35.5 Å². The number of rotatable bonds is 5. The van der Waals surface area contributed by atoms with Crippen LogP contribution in [-0.4, -0.2) is 32.6 Å². The maximum atomic E-state index is 15.2. The molecule has 38 heavy (non-hydrogen) atoms. The van der Waals surface area contributed by atoms with Gasteiger partial charge >= 0.3 is 0 Å². The highest BCUT2D eigenvalue weighted by Gasteiger charge is 2.43. The zero-order valence-electron chi connectivity index (χ0n) is 21.2. The van der Waals surface area contributed by atoms with Crippen LogP contribution in [0.5, 0.6) is 0 Å². The third-order valence-corrected chi connectivity index (χ3v) is 8.55. The lowest BCUT2D eigenvalue weighted by molar-refractivity contribution is -0.119. The highest BCUT2D eigenvalue weighted by atomic mass is 19.1. The molecule has 1 aliphatic heterocycles. The molecular weight excluding hydrogens is 479 g/mol. The van der Waals surface area contributed by atoms with Gasteiger partial charge in [-0.3, -0.25) is 9.59 Å². The molecule has 3 heterocycles. The van der Waals surface area contributed by atoms with Crippen molar-refractivity contribution in [3.63, 3.8) is 0 Å². The monoisotopic (exact) mass is 508 g/mol. The molecule has 0 bridgehead atoms. The van der Waals surface area contributed by atoms with Crippen LogP contribution < -0.4 is 5.73 Å². The number of hydrogen-bond acceptors (Lipinski definition) is 3. The van der Waals surface area contributed by atoms with Crippen LogP contribution in [0.25, 0.3) is 16.9 Å². The molecule has 2 fully saturated rings. The van der Waals surface area contributed by atoms with Crippen molar-refractivity contribution in [1.82, 2.24) is 14.3 Å². The Bertz CT molecular complexity index is 1620. The van der Waals surface area contributed by atoms with Crippen LogP contribution in [-0.2, 0) is 11.2 Å². The minimum atomic E-state index is -0.369. The molecule has 7 heteroatoms. The number of fused-ring (bicyclic) bond motifs is 2. The molecule has 2 N–H and O–H groups in total. The Hall–Kier alpha value is -4.00. The topological polar surface area (TPSA) is 80.7 Å². The van der Waals surface area contributed by atoms with Crippen LogP contribution in [0, 0.1) is 11.7 Å². The van der Waals surface area contributed by atoms with Gasteiger partial charge < -0.3 is 15.0 Å². The molecule has 2 saturated carbocycles. The van der Waals surface area contributed by atoms with Crippen molar-refractivity contribution in [3.05, 3.63) is 94.6 Å². The molecule has 0 spiro atoms. The zero-order valence-corrected chi connectivity index (χ0v) is 21.2. The Balaban J connectivity index is 1.23. The third-order valence-electron chi connectivity index (χ3n) is 8.55. The molecule has 2 aromatic carbocycles. The smallest absolute Gasteiger partial charge is 0.255 e. The van der Waals surface area contributed by atoms with E-state index in [0.29, 0.717) is 35.7 Å². The van der Waals surface area contributed by atoms with E-state index in [2.05, 4.69) is 25.1 Å². The van der Waals surface area contributed by atoms with Crippen LogP contribution in [0.4, 0.5) is 4.39 Å². The first-order chi connectivity index (χ1) is 18.4. The number of benzene rings is 2. The van der Waals surface area contributed by atoms with Crippen molar-refractivity contribution in [3.8, 4) is 11.3 Å². The molecule has 192 valence electrons. The van der Waals surface area contributed by atoms with E-state index >= 15 is 4.39 Å². The van der Waals surface area contributed by atoms with Gasteiger partial charge in [-0.05, 0) is 84.9 Å². The van der Waals surface area contributed by atoms with Gasteiger partial charge in [0.15, 0.2) is 0 Å². The number of nitrogens with two attached hydrogens (primary N) is 1. The summed E-state index contributed by atoms with van der Waals surface area (Å²) in [5.41, 5.74) is 12.1. The van der Waals surface area contributed by atoms with Crippen molar-refractivity contribution >= 4 is 17.5 Å². The summed E-state index contributed by atoms with van der Waals surface area (Å²) in [6.45, 7) is 2.77. The summed E-state index contributed by atoms with van der Waals surface area (Å²) in [4.78, 5) is 32.0. The minimum absolute atomic E-state index is 0.000824. The van der Waals surface area contributed by atoms with Gasteiger partial charge in [-0.1, -0.05) is 30.3 Å². The molecule has 2 aromatic heterocycles. The van der Waals surface area contributed by atoms with Crippen molar-refractivity contribution < 1.29 is 14.0 Å². The van der Waals surface area contributed by atoms with E-state index in [0.717, 1.165) is 36.0 Å². The second kappa shape index (κ2) is 8.51. The van der Waals surface area contributed by atoms with E-state index in [4.69, 9.17) is 10.7 Å². The summed E-state index contributed by atoms with van der Waals surface area (Å²) >= 11 is 0. The number of halogens is 1. The lowest BCUT2D eigenvalue weighted by Gasteiger charge is -2.35. The highest BCUT2D eigenvalue weighted by Crippen LogP contribution is 2.48. The maximum absolute atomic E-state index is 15.2. The van der Waals surface area contributed by atoms with Crippen molar-refractivity contribution in [2.45, 2.75) is 50.5 Å². The van der Waals surface area contributed by atoms with Gasteiger partial charge in [-0.2, -0.15) is 0 Å². The van der Waals surface area contributed by atoms with E-state index < -0.39 is 0 Å². The SMILES string of the molecule is C[C@@H]1c2ccccc2CCN1C(=O)c1cc(C2CC2)c2nc(-c3ccc(C4C[C@@H]4C(N)=O)cc3F)cn2c1. The van der Waals surface area contributed by atoms with Gasteiger partial charge in [0.2, 0.25) is 5.91 Å². The number of hydrogen-bond donors (Lipinski definition) is 1. The summed E-state index contributed by atoms with van der Waals surface area (Å²) in [6, 6.07) is 15.4. The number of carbonyl (C=O) groups excluding carboxylic acids is 2. The first-order valence-corrected chi connectivity index (χ1v) is 13.4. The van der Waals surface area contributed by atoms with Crippen LogP contribution in [0.2, 0.25) is 0 Å². The van der Waals surface area contributed by atoms with Gasteiger partial charge in [0, 0.05) is 30.4 Å². The van der Waals surface area contributed by atoms with Crippen molar-refractivity contribution in [1.29, 1.82) is 0 Å². The molecule has 0 radical (unpaired) electrons. The number of carbonyl (C=O) groups is 2. The number of primary amides is 1. The molecule has 3 aliphatic rings. The van der Waals surface area contributed by atoms with Crippen LogP contribution >= 0.6 is 0 Å². The van der Waals surface area contributed by atoms with Gasteiger partial charge in [-0.15, -0.1) is 0 Å². The first kappa shape index (κ1) is 23.1. The number of pyridine rings is 1. The van der Waals surface area contributed by atoms with Crippen LogP contribution in [0.3, 0.4) is 0 Å². The first-order valence-electron chi connectivity index (χ1n) is 13.4. The molecular formula is C31H29FN4O2. The van der Waals surface area contributed by atoms with Gasteiger partial charge in [0.25, 0.3) is 5.91 Å².